The van der Waals surface area contributed by atoms with Crippen molar-refractivity contribution in [2.24, 2.45) is 0 Å². The molecule has 1 aliphatic heterocycles. The van der Waals surface area contributed by atoms with Gasteiger partial charge in [-0.25, -0.2) is 4.98 Å². The lowest BCUT2D eigenvalue weighted by atomic mass is 10.1. The monoisotopic (exact) mass is 275 g/mol. The SMILES string of the molecule is CCCNC(C)c1cccnc1N1CCCCCCC1. The molecule has 1 aromatic rings. The van der Waals surface area contributed by atoms with E-state index in [2.05, 4.69) is 41.2 Å². The Morgan fingerprint density at radius 1 is 1.20 bits per heavy atom. The van der Waals surface area contributed by atoms with Crippen molar-refractivity contribution in [2.45, 2.75) is 58.4 Å². The van der Waals surface area contributed by atoms with Gasteiger partial charge in [-0.1, -0.05) is 32.3 Å². The van der Waals surface area contributed by atoms with Gasteiger partial charge in [0.15, 0.2) is 0 Å². The number of nitrogens with one attached hydrogen (secondary N) is 1. The molecule has 0 saturated carbocycles. The minimum Gasteiger partial charge on any atom is -0.356 e. The Labute approximate surface area is 123 Å². The van der Waals surface area contributed by atoms with Crippen molar-refractivity contribution in [2.75, 3.05) is 24.5 Å². The maximum atomic E-state index is 4.69. The Kier molecular flexibility index (Phi) is 6.31. The summed E-state index contributed by atoms with van der Waals surface area (Å²) in [6.45, 7) is 7.84. The highest BCUT2D eigenvalue weighted by atomic mass is 15.2. The zero-order chi connectivity index (χ0) is 14.2. The van der Waals surface area contributed by atoms with Gasteiger partial charge < -0.3 is 10.2 Å². The Balaban J connectivity index is 2.12. The fourth-order valence-electron chi connectivity index (χ4n) is 2.94. The third kappa shape index (κ3) is 4.20. The first kappa shape index (κ1) is 15.3. The summed E-state index contributed by atoms with van der Waals surface area (Å²) in [6, 6.07) is 4.67. The second kappa shape index (κ2) is 8.25. The summed E-state index contributed by atoms with van der Waals surface area (Å²) < 4.78 is 0. The van der Waals surface area contributed by atoms with Gasteiger partial charge >= 0.3 is 0 Å². The Bertz CT molecular complexity index is 384. The van der Waals surface area contributed by atoms with E-state index in [4.69, 9.17) is 0 Å². The largest absolute Gasteiger partial charge is 0.356 e. The number of anilines is 1. The van der Waals surface area contributed by atoms with Crippen molar-refractivity contribution in [3.05, 3.63) is 23.9 Å². The quantitative estimate of drug-likeness (QED) is 0.883. The van der Waals surface area contributed by atoms with Crippen molar-refractivity contribution in [1.82, 2.24) is 10.3 Å². The highest BCUT2D eigenvalue weighted by Gasteiger charge is 2.17. The zero-order valence-corrected chi connectivity index (χ0v) is 13.1. The molecule has 1 unspecified atom stereocenters. The maximum absolute atomic E-state index is 4.69. The molecule has 0 aromatic carbocycles. The summed E-state index contributed by atoms with van der Waals surface area (Å²) >= 11 is 0. The van der Waals surface area contributed by atoms with Crippen LogP contribution in [-0.4, -0.2) is 24.6 Å². The molecule has 1 fully saturated rings. The predicted octanol–water partition coefficient (Wildman–Crippen LogP) is 3.91. The van der Waals surface area contributed by atoms with Gasteiger partial charge in [0, 0.05) is 30.9 Å². The van der Waals surface area contributed by atoms with E-state index in [0.29, 0.717) is 6.04 Å². The van der Waals surface area contributed by atoms with Crippen LogP contribution in [0.15, 0.2) is 18.3 Å². The number of pyridine rings is 1. The van der Waals surface area contributed by atoms with Gasteiger partial charge in [-0.05, 0) is 38.8 Å². The first-order valence-corrected chi connectivity index (χ1v) is 8.26. The minimum atomic E-state index is 0.379. The molecule has 1 saturated heterocycles. The summed E-state index contributed by atoms with van der Waals surface area (Å²) in [6.07, 6.45) is 9.83. The van der Waals surface area contributed by atoms with Crippen LogP contribution in [0, 0.1) is 0 Å². The molecule has 1 aromatic heterocycles. The highest BCUT2D eigenvalue weighted by molar-refractivity contribution is 5.48. The summed E-state index contributed by atoms with van der Waals surface area (Å²) in [4.78, 5) is 7.19. The lowest BCUT2D eigenvalue weighted by Crippen LogP contribution is -2.30. The van der Waals surface area contributed by atoms with Gasteiger partial charge in [-0.15, -0.1) is 0 Å². The first-order chi connectivity index (χ1) is 9.83. The number of aromatic nitrogens is 1. The lowest BCUT2D eigenvalue weighted by Gasteiger charge is -2.29. The van der Waals surface area contributed by atoms with Gasteiger partial charge in [0.1, 0.15) is 5.82 Å². The molecule has 1 N–H and O–H groups in total. The van der Waals surface area contributed by atoms with Crippen molar-refractivity contribution in [3.8, 4) is 0 Å². The molecule has 0 aliphatic carbocycles. The lowest BCUT2D eigenvalue weighted by molar-refractivity contribution is 0.541. The molecule has 112 valence electrons. The van der Waals surface area contributed by atoms with Crippen LogP contribution in [0.1, 0.15) is 64.0 Å². The van der Waals surface area contributed by atoms with Gasteiger partial charge in [0.2, 0.25) is 0 Å². The third-order valence-corrected chi connectivity index (χ3v) is 4.14. The van der Waals surface area contributed by atoms with Crippen LogP contribution in [-0.2, 0) is 0 Å². The van der Waals surface area contributed by atoms with Crippen LogP contribution in [0.5, 0.6) is 0 Å². The fraction of sp³-hybridized carbons (Fsp3) is 0.706. The van der Waals surface area contributed by atoms with E-state index in [1.807, 2.05) is 6.20 Å². The molecule has 0 amide bonds. The molecule has 1 atom stereocenters. The Hall–Kier alpha value is -1.09. The molecule has 2 rings (SSSR count). The van der Waals surface area contributed by atoms with Crippen LogP contribution in [0.2, 0.25) is 0 Å². The smallest absolute Gasteiger partial charge is 0.133 e. The van der Waals surface area contributed by atoms with Gasteiger partial charge in [-0.2, -0.15) is 0 Å². The van der Waals surface area contributed by atoms with Crippen molar-refractivity contribution in [3.63, 3.8) is 0 Å². The summed E-state index contributed by atoms with van der Waals surface area (Å²) in [7, 11) is 0. The number of hydrogen-bond acceptors (Lipinski definition) is 3. The van der Waals surface area contributed by atoms with Gasteiger partial charge in [0.05, 0.1) is 0 Å². The molecular weight excluding hydrogens is 246 g/mol. The van der Waals surface area contributed by atoms with E-state index in [1.54, 1.807) is 0 Å². The second-order valence-corrected chi connectivity index (χ2v) is 5.85. The number of nitrogens with zero attached hydrogens (tertiary/aromatic N) is 2. The zero-order valence-electron chi connectivity index (χ0n) is 13.1. The Morgan fingerprint density at radius 2 is 1.90 bits per heavy atom. The fourth-order valence-corrected chi connectivity index (χ4v) is 2.94. The van der Waals surface area contributed by atoms with E-state index in [0.717, 1.165) is 19.6 Å². The molecule has 3 nitrogen and oxygen atoms in total. The molecule has 3 heteroatoms. The first-order valence-electron chi connectivity index (χ1n) is 8.26. The van der Waals surface area contributed by atoms with Crippen LogP contribution < -0.4 is 10.2 Å². The average molecular weight is 275 g/mol. The number of hydrogen-bond donors (Lipinski definition) is 1. The van der Waals surface area contributed by atoms with E-state index in [1.165, 1.54) is 49.9 Å². The van der Waals surface area contributed by atoms with Gasteiger partial charge in [-0.3, -0.25) is 0 Å². The van der Waals surface area contributed by atoms with Crippen molar-refractivity contribution >= 4 is 5.82 Å². The van der Waals surface area contributed by atoms with Crippen LogP contribution in [0.25, 0.3) is 0 Å². The van der Waals surface area contributed by atoms with E-state index in [9.17, 15) is 0 Å². The summed E-state index contributed by atoms with van der Waals surface area (Å²) in [5, 5.41) is 3.59. The second-order valence-electron chi connectivity index (χ2n) is 5.85. The standard InChI is InChI=1S/C17H29N3/c1-3-11-18-15(2)16-10-9-12-19-17(16)20-13-7-5-4-6-8-14-20/h9-10,12,15,18H,3-8,11,13-14H2,1-2H3. The highest BCUT2D eigenvalue weighted by Crippen LogP contribution is 2.25. The number of rotatable bonds is 5. The topological polar surface area (TPSA) is 28.2 Å². The van der Waals surface area contributed by atoms with Crippen LogP contribution in [0.3, 0.4) is 0 Å². The van der Waals surface area contributed by atoms with Gasteiger partial charge in [0.25, 0.3) is 0 Å². The normalized spacial score (nSPS) is 18.4. The maximum Gasteiger partial charge on any atom is 0.133 e. The molecule has 20 heavy (non-hydrogen) atoms. The third-order valence-electron chi connectivity index (χ3n) is 4.14. The average Bonchev–Trinajstić information content (AvgIpc) is 2.44. The summed E-state index contributed by atoms with van der Waals surface area (Å²) in [5.41, 5.74) is 1.35. The summed E-state index contributed by atoms with van der Waals surface area (Å²) in [5.74, 6) is 1.20. The minimum absolute atomic E-state index is 0.379. The molecule has 1 aliphatic rings. The molecule has 0 radical (unpaired) electrons. The molecule has 0 spiro atoms. The molecular formula is C17H29N3. The molecule has 2 heterocycles. The van der Waals surface area contributed by atoms with E-state index in [-0.39, 0.29) is 0 Å². The van der Waals surface area contributed by atoms with E-state index < -0.39 is 0 Å². The Morgan fingerprint density at radius 3 is 2.60 bits per heavy atom. The van der Waals surface area contributed by atoms with Crippen molar-refractivity contribution in [1.29, 1.82) is 0 Å². The van der Waals surface area contributed by atoms with Crippen molar-refractivity contribution < 1.29 is 0 Å². The van der Waals surface area contributed by atoms with Crippen LogP contribution in [0.4, 0.5) is 5.82 Å². The predicted molar refractivity (Wildman–Crippen MR) is 86.2 cm³/mol. The van der Waals surface area contributed by atoms with E-state index >= 15 is 0 Å². The molecule has 0 bridgehead atoms. The van der Waals surface area contributed by atoms with Crippen LogP contribution >= 0.6 is 0 Å².